The van der Waals surface area contributed by atoms with Crippen LogP contribution in [0, 0.1) is 6.92 Å². The summed E-state index contributed by atoms with van der Waals surface area (Å²) in [5.74, 6) is 0.0502. The molecule has 0 bridgehead atoms. The third-order valence-corrected chi connectivity index (χ3v) is 4.30. The van der Waals surface area contributed by atoms with Crippen LogP contribution in [-0.2, 0) is 4.79 Å². The van der Waals surface area contributed by atoms with Crippen molar-refractivity contribution >= 4 is 27.7 Å². The van der Waals surface area contributed by atoms with Crippen LogP contribution in [0.1, 0.15) is 35.7 Å². The molecule has 0 saturated carbocycles. The maximum Gasteiger partial charge on any atom is 0.252 e. The molecule has 1 N–H and O–H groups in total. The predicted molar refractivity (Wildman–Crippen MR) is 81.6 cm³/mol. The number of aryl methyl sites for hydroxylation is 1. The zero-order chi connectivity index (χ0) is 14.7. The molecule has 0 atom stereocenters. The maximum atomic E-state index is 12.2. The number of hydrogen-bond acceptors (Lipinski definition) is 2. The van der Waals surface area contributed by atoms with Crippen molar-refractivity contribution in [3.8, 4) is 0 Å². The molecule has 0 aliphatic carbocycles. The quantitative estimate of drug-likeness (QED) is 0.900. The van der Waals surface area contributed by atoms with Crippen LogP contribution in [0.2, 0.25) is 0 Å². The van der Waals surface area contributed by atoms with Gasteiger partial charge in [0.2, 0.25) is 5.91 Å². The minimum Gasteiger partial charge on any atom is -0.349 e. The number of nitrogens with zero attached hydrogens (tertiary/aromatic N) is 1. The molecular weight excluding hydrogens is 320 g/mol. The van der Waals surface area contributed by atoms with E-state index in [4.69, 9.17) is 0 Å². The van der Waals surface area contributed by atoms with Crippen molar-refractivity contribution in [3.63, 3.8) is 0 Å². The molecule has 0 radical (unpaired) electrons. The van der Waals surface area contributed by atoms with E-state index in [1.807, 2.05) is 30.0 Å². The highest BCUT2D eigenvalue weighted by molar-refractivity contribution is 9.10. The Morgan fingerprint density at radius 1 is 1.30 bits per heavy atom. The van der Waals surface area contributed by atoms with Crippen molar-refractivity contribution in [1.29, 1.82) is 0 Å². The predicted octanol–water partition coefficient (Wildman–Crippen LogP) is 2.50. The Bertz CT molecular complexity index is 523. The topological polar surface area (TPSA) is 49.4 Å². The molecule has 4 nitrogen and oxygen atoms in total. The highest BCUT2D eigenvalue weighted by atomic mass is 79.9. The molecular formula is C15H19BrN2O2. The average Bonchev–Trinajstić information content (AvgIpc) is 2.39. The van der Waals surface area contributed by atoms with Crippen molar-refractivity contribution in [3.05, 3.63) is 33.8 Å². The van der Waals surface area contributed by atoms with Gasteiger partial charge in [-0.15, -0.1) is 0 Å². The maximum absolute atomic E-state index is 12.2. The second kappa shape index (κ2) is 6.39. The van der Waals surface area contributed by atoms with E-state index < -0.39 is 0 Å². The first-order valence-corrected chi connectivity index (χ1v) is 7.59. The number of likely N-dealkylation sites (tertiary alicyclic amines) is 1. The van der Waals surface area contributed by atoms with Gasteiger partial charge in [-0.1, -0.05) is 6.07 Å². The highest BCUT2D eigenvalue weighted by Crippen LogP contribution is 2.19. The van der Waals surface area contributed by atoms with Gasteiger partial charge in [-0.25, -0.2) is 0 Å². The number of amides is 2. The molecule has 20 heavy (non-hydrogen) atoms. The summed E-state index contributed by atoms with van der Waals surface area (Å²) in [6.45, 7) is 5.01. The van der Waals surface area contributed by atoms with Crippen LogP contribution >= 0.6 is 15.9 Å². The number of piperidine rings is 1. The van der Waals surface area contributed by atoms with Gasteiger partial charge in [-0.05, 0) is 53.4 Å². The van der Waals surface area contributed by atoms with Crippen molar-refractivity contribution in [2.24, 2.45) is 0 Å². The molecule has 0 aromatic heterocycles. The van der Waals surface area contributed by atoms with E-state index in [1.165, 1.54) is 0 Å². The van der Waals surface area contributed by atoms with Gasteiger partial charge in [0.25, 0.3) is 5.91 Å². The molecule has 0 unspecified atom stereocenters. The monoisotopic (exact) mass is 338 g/mol. The van der Waals surface area contributed by atoms with Gasteiger partial charge in [-0.2, -0.15) is 0 Å². The van der Waals surface area contributed by atoms with Crippen LogP contribution in [-0.4, -0.2) is 35.8 Å². The van der Waals surface area contributed by atoms with Crippen LogP contribution in [0.4, 0.5) is 0 Å². The van der Waals surface area contributed by atoms with Gasteiger partial charge >= 0.3 is 0 Å². The first kappa shape index (κ1) is 15.0. The number of hydrogen-bond donors (Lipinski definition) is 1. The van der Waals surface area contributed by atoms with Gasteiger partial charge in [0.05, 0.1) is 5.56 Å². The smallest absolute Gasteiger partial charge is 0.252 e. The second-order valence-corrected chi connectivity index (χ2v) is 6.09. The van der Waals surface area contributed by atoms with Crippen molar-refractivity contribution in [2.75, 3.05) is 13.1 Å². The van der Waals surface area contributed by atoms with E-state index in [0.29, 0.717) is 5.56 Å². The molecule has 1 aromatic carbocycles. The summed E-state index contributed by atoms with van der Waals surface area (Å²) in [6, 6.07) is 5.84. The number of rotatable bonds is 2. The van der Waals surface area contributed by atoms with Crippen LogP contribution in [0.25, 0.3) is 0 Å². The molecule has 108 valence electrons. The minimum atomic E-state index is -0.0573. The normalized spacial score (nSPS) is 16.1. The zero-order valence-electron chi connectivity index (χ0n) is 11.8. The SMILES string of the molecule is CC(=O)N1CCC(NC(=O)c2ccc(C)cc2Br)CC1. The van der Waals surface area contributed by atoms with Gasteiger partial charge < -0.3 is 10.2 Å². The fraction of sp³-hybridized carbons (Fsp3) is 0.467. The average molecular weight is 339 g/mol. The largest absolute Gasteiger partial charge is 0.349 e. The highest BCUT2D eigenvalue weighted by Gasteiger charge is 2.22. The Hall–Kier alpha value is -1.36. The zero-order valence-corrected chi connectivity index (χ0v) is 13.4. The van der Waals surface area contributed by atoms with E-state index in [9.17, 15) is 9.59 Å². The van der Waals surface area contributed by atoms with Crippen molar-refractivity contribution < 1.29 is 9.59 Å². The molecule has 2 rings (SSSR count). The molecule has 2 amide bonds. The fourth-order valence-corrected chi connectivity index (χ4v) is 3.08. The Labute approximate surface area is 127 Å². The third kappa shape index (κ3) is 3.60. The lowest BCUT2D eigenvalue weighted by atomic mass is 10.0. The second-order valence-electron chi connectivity index (χ2n) is 5.24. The minimum absolute atomic E-state index is 0.0573. The fourth-order valence-electron chi connectivity index (χ4n) is 2.41. The molecule has 1 aromatic rings. The summed E-state index contributed by atoms with van der Waals surface area (Å²) in [5.41, 5.74) is 1.77. The third-order valence-electron chi connectivity index (χ3n) is 3.64. The first-order chi connectivity index (χ1) is 9.47. The van der Waals surface area contributed by atoms with Gasteiger partial charge in [-0.3, -0.25) is 9.59 Å². The Morgan fingerprint density at radius 3 is 2.50 bits per heavy atom. The summed E-state index contributed by atoms with van der Waals surface area (Å²) in [6.07, 6.45) is 1.63. The Kier molecular flexibility index (Phi) is 4.81. The van der Waals surface area contributed by atoms with Gasteiger partial charge in [0.15, 0.2) is 0 Å². The number of nitrogens with one attached hydrogen (secondary N) is 1. The number of halogens is 1. The lowest BCUT2D eigenvalue weighted by Crippen LogP contribution is -2.46. The van der Waals surface area contributed by atoms with Gasteiger partial charge in [0.1, 0.15) is 0 Å². The van der Waals surface area contributed by atoms with Crippen LogP contribution < -0.4 is 5.32 Å². The van der Waals surface area contributed by atoms with Crippen LogP contribution in [0.5, 0.6) is 0 Å². The van der Waals surface area contributed by atoms with E-state index in [0.717, 1.165) is 36.0 Å². The standard InChI is InChI=1S/C15H19BrN2O2/c1-10-3-4-13(14(16)9-10)15(20)17-12-5-7-18(8-6-12)11(2)19/h3-4,9,12H,5-8H2,1-2H3,(H,17,20). The molecule has 5 heteroatoms. The van der Waals surface area contributed by atoms with E-state index in [-0.39, 0.29) is 17.9 Å². The summed E-state index contributed by atoms with van der Waals surface area (Å²) in [7, 11) is 0. The number of carbonyl (C=O) groups is 2. The van der Waals surface area contributed by atoms with Crippen molar-refractivity contribution in [2.45, 2.75) is 32.7 Å². The Morgan fingerprint density at radius 2 is 1.95 bits per heavy atom. The lowest BCUT2D eigenvalue weighted by molar-refractivity contribution is -0.129. The van der Waals surface area contributed by atoms with Gasteiger partial charge in [0, 0.05) is 30.5 Å². The lowest BCUT2D eigenvalue weighted by Gasteiger charge is -2.31. The molecule has 0 spiro atoms. The van der Waals surface area contributed by atoms with Crippen LogP contribution in [0.15, 0.2) is 22.7 Å². The number of benzene rings is 1. The Balaban J connectivity index is 1.94. The van der Waals surface area contributed by atoms with Crippen LogP contribution in [0.3, 0.4) is 0 Å². The molecule has 1 aliphatic heterocycles. The summed E-state index contributed by atoms with van der Waals surface area (Å²) < 4.78 is 0.816. The van der Waals surface area contributed by atoms with Crippen molar-refractivity contribution in [1.82, 2.24) is 10.2 Å². The summed E-state index contributed by atoms with van der Waals surface area (Å²) in [4.78, 5) is 25.3. The molecule has 1 heterocycles. The van der Waals surface area contributed by atoms with E-state index >= 15 is 0 Å². The molecule has 1 aliphatic rings. The summed E-state index contributed by atoms with van der Waals surface area (Å²) >= 11 is 3.43. The molecule has 1 saturated heterocycles. The van der Waals surface area contributed by atoms with E-state index in [2.05, 4.69) is 21.2 Å². The number of carbonyl (C=O) groups excluding carboxylic acids is 2. The first-order valence-electron chi connectivity index (χ1n) is 6.80. The molecule has 1 fully saturated rings. The summed E-state index contributed by atoms with van der Waals surface area (Å²) in [5, 5.41) is 3.05. The van der Waals surface area contributed by atoms with E-state index in [1.54, 1.807) is 6.92 Å².